The number of thiophene rings is 1. The maximum absolute atomic E-state index is 14.1. The molecule has 0 radical (unpaired) electrons. The first-order chi connectivity index (χ1) is 18.0. The van der Waals surface area contributed by atoms with E-state index in [4.69, 9.17) is 0 Å². The van der Waals surface area contributed by atoms with E-state index in [0.717, 1.165) is 41.9 Å². The molecule has 6 rings (SSSR count). The fourth-order valence-corrected chi connectivity index (χ4v) is 7.12. The Kier molecular flexibility index (Phi) is 6.29. The molecule has 2 amide bonds. The molecule has 1 aliphatic carbocycles. The van der Waals surface area contributed by atoms with Gasteiger partial charge in [0, 0.05) is 42.1 Å². The van der Waals surface area contributed by atoms with Crippen molar-refractivity contribution in [2.75, 3.05) is 24.3 Å². The van der Waals surface area contributed by atoms with Crippen LogP contribution in [0.25, 0.3) is 5.00 Å². The molecule has 1 atom stereocenters. The highest BCUT2D eigenvalue weighted by Crippen LogP contribution is 2.44. The first kappa shape index (κ1) is 23.9. The Hall–Kier alpha value is -3.51. The number of hydrogen-bond donors (Lipinski definition) is 1. The fourth-order valence-electron chi connectivity index (χ4n) is 5.71. The Labute approximate surface area is 223 Å². The number of carbonyl (C=O) groups excluding carboxylic acids is 1. The Morgan fingerprint density at radius 3 is 2.49 bits per heavy atom. The normalized spacial score (nSPS) is 16.4. The summed E-state index contributed by atoms with van der Waals surface area (Å²) in [6, 6.07) is 20.9. The van der Waals surface area contributed by atoms with Crippen LogP contribution in [0.4, 0.5) is 16.2 Å². The lowest BCUT2D eigenvalue weighted by molar-refractivity contribution is 0.194. The van der Waals surface area contributed by atoms with Gasteiger partial charge in [-0.05, 0) is 85.2 Å². The average Bonchev–Trinajstić information content (AvgIpc) is 3.51. The van der Waals surface area contributed by atoms with Crippen LogP contribution in [0, 0.1) is 0 Å². The van der Waals surface area contributed by atoms with E-state index in [9.17, 15) is 4.79 Å². The van der Waals surface area contributed by atoms with Gasteiger partial charge in [0.1, 0.15) is 5.00 Å². The Balaban J connectivity index is 1.46. The summed E-state index contributed by atoms with van der Waals surface area (Å²) >= 11 is 1.92. The molecule has 2 aromatic heterocycles. The molecule has 1 N–H and O–H groups in total. The van der Waals surface area contributed by atoms with Gasteiger partial charge in [0.05, 0.1) is 18.3 Å². The van der Waals surface area contributed by atoms with Crippen LogP contribution in [-0.2, 0) is 25.8 Å². The molecule has 37 heavy (non-hydrogen) atoms. The smallest absolute Gasteiger partial charge is 0.322 e. The van der Waals surface area contributed by atoms with Gasteiger partial charge in [0.15, 0.2) is 0 Å². The molecule has 2 aromatic carbocycles. The third kappa shape index (κ3) is 4.33. The minimum Gasteiger partial charge on any atom is -0.378 e. The van der Waals surface area contributed by atoms with Gasteiger partial charge in [-0.3, -0.25) is 0 Å². The van der Waals surface area contributed by atoms with E-state index in [-0.39, 0.29) is 12.1 Å². The highest BCUT2D eigenvalue weighted by atomic mass is 32.1. The van der Waals surface area contributed by atoms with Gasteiger partial charge in [-0.2, -0.15) is 0 Å². The summed E-state index contributed by atoms with van der Waals surface area (Å²) in [5, 5.41) is 4.50. The molecule has 190 valence electrons. The van der Waals surface area contributed by atoms with Crippen LogP contribution in [0.1, 0.15) is 58.6 Å². The zero-order chi connectivity index (χ0) is 25.5. The van der Waals surface area contributed by atoms with Gasteiger partial charge in [-0.25, -0.2) is 4.79 Å². The molecule has 1 unspecified atom stereocenters. The van der Waals surface area contributed by atoms with Gasteiger partial charge in [0.2, 0.25) is 0 Å². The molecule has 0 bridgehead atoms. The SMILES string of the molecule is CCc1ccc(NC(=O)N2Cc3c(sc4c3CCCC4)-n3cccc3C2c2ccc(N(C)C)cc2)cc1. The summed E-state index contributed by atoms with van der Waals surface area (Å²) in [4.78, 5) is 19.7. The summed E-state index contributed by atoms with van der Waals surface area (Å²) in [6.07, 6.45) is 7.88. The summed E-state index contributed by atoms with van der Waals surface area (Å²) < 4.78 is 2.34. The molecular formula is C31H34N4OS. The van der Waals surface area contributed by atoms with E-state index >= 15 is 0 Å². The van der Waals surface area contributed by atoms with Crippen molar-refractivity contribution in [2.45, 2.75) is 51.6 Å². The van der Waals surface area contributed by atoms with E-state index < -0.39 is 0 Å². The van der Waals surface area contributed by atoms with Gasteiger partial charge in [0.25, 0.3) is 0 Å². The molecule has 6 heteroatoms. The van der Waals surface area contributed by atoms with Crippen LogP contribution in [0.5, 0.6) is 0 Å². The average molecular weight is 511 g/mol. The van der Waals surface area contributed by atoms with Crippen molar-refractivity contribution in [3.05, 3.63) is 99.7 Å². The zero-order valence-electron chi connectivity index (χ0n) is 21.8. The molecule has 2 aliphatic rings. The lowest BCUT2D eigenvalue weighted by atomic mass is 9.95. The first-order valence-corrected chi connectivity index (χ1v) is 14.1. The number of nitrogens with zero attached hydrogens (tertiary/aromatic N) is 3. The van der Waals surface area contributed by atoms with E-state index in [2.05, 4.69) is 90.5 Å². The van der Waals surface area contributed by atoms with E-state index in [0.29, 0.717) is 6.54 Å². The number of aryl methyl sites for hydroxylation is 2. The molecular weight excluding hydrogens is 476 g/mol. The van der Waals surface area contributed by atoms with Crippen molar-refractivity contribution >= 4 is 28.7 Å². The van der Waals surface area contributed by atoms with Crippen LogP contribution in [-0.4, -0.2) is 29.6 Å². The van der Waals surface area contributed by atoms with E-state index in [1.165, 1.54) is 39.4 Å². The molecule has 0 saturated heterocycles. The predicted molar refractivity (Wildman–Crippen MR) is 153 cm³/mol. The number of nitrogens with one attached hydrogen (secondary N) is 1. The highest BCUT2D eigenvalue weighted by Gasteiger charge is 2.36. The van der Waals surface area contributed by atoms with Gasteiger partial charge >= 0.3 is 6.03 Å². The number of aromatic nitrogens is 1. The number of hydrogen-bond acceptors (Lipinski definition) is 3. The quantitative estimate of drug-likeness (QED) is 0.316. The topological polar surface area (TPSA) is 40.5 Å². The number of urea groups is 1. The van der Waals surface area contributed by atoms with Crippen molar-refractivity contribution in [2.24, 2.45) is 0 Å². The van der Waals surface area contributed by atoms with Crippen LogP contribution >= 0.6 is 11.3 Å². The first-order valence-electron chi connectivity index (χ1n) is 13.3. The lowest BCUT2D eigenvalue weighted by Crippen LogP contribution is -2.38. The number of benzene rings is 2. The third-order valence-electron chi connectivity index (χ3n) is 7.78. The number of rotatable bonds is 4. The van der Waals surface area contributed by atoms with E-state index in [1.807, 2.05) is 28.4 Å². The summed E-state index contributed by atoms with van der Waals surface area (Å²) in [6.45, 7) is 2.74. The van der Waals surface area contributed by atoms with Crippen molar-refractivity contribution in [3.63, 3.8) is 0 Å². The Bertz CT molecular complexity index is 1410. The minimum absolute atomic E-state index is 0.0673. The maximum atomic E-state index is 14.1. The Morgan fingerprint density at radius 1 is 1.00 bits per heavy atom. The second kappa shape index (κ2) is 9.75. The standard InChI is InChI=1S/C31H34N4OS/c1-4-21-11-15-23(16-12-21)32-31(36)35-20-26-25-8-5-6-10-28(25)37-30(26)34-19-7-9-27(34)29(35)22-13-17-24(18-14-22)33(2)3/h7,9,11-19,29H,4-6,8,10,20H2,1-3H3,(H,32,36). The monoisotopic (exact) mass is 510 g/mol. The summed E-state index contributed by atoms with van der Waals surface area (Å²) in [7, 11) is 4.10. The number of carbonyl (C=O) groups is 1. The van der Waals surface area contributed by atoms with Crippen LogP contribution in [0.2, 0.25) is 0 Å². The number of fused-ring (bicyclic) bond motifs is 5. The van der Waals surface area contributed by atoms with E-state index in [1.54, 1.807) is 0 Å². The lowest BCUT2D eigenvalue weighted by Gasteiger charge is -2.31. The largest absolute Gasteiger partial charge is 0.378 e. The number of anilines is 2. The van der Waals surface area contributed by atoms with Crippen molar-refractivity contribution in [3.8, 4) is 5.00 Å². The zero-order valence-corrected chi connectivity index (χ0v) is 22.6. The highest BCUT2D eigenvalue weighted by molar-refractivity contribution is 7.15. The van der Waals surface area contributed by atoms with Crippen LogP contribution < -0.4 is 10.2 Å². The molecule has 3 heterocycles. The second-order valence-corrected chi connectivity index (χ2v) is 11.4. The number of amides is 2. The molecule has 1 aliphatic heterocycles. The van der Waals surface area contributed by atoms with Crippen molar-refractivity contribution in [1.82, 2.24) is 9.47 Å². The van der Waals surface area contributed by atoms with Gasteiger partial charge < -0.3 is 19.7 Å². The van der Waals surface area contributed by atoms with Gasteiger partial charge in [-0.1, -0.05) is 31.2 Å². The second-order valence-electron chi connectivity index (χ2n) is 10.3. The van der Waals surface area contributed by atoms with Crippen LogP contribution in [0.3, 0.4) is 0 Å². The summed E-state index contributed by atoms with van der Waals surface area (Å²) in [5.74, 6) is 0. The summed E-state index contributed by atoms with van der Waals surface area (Å²) in [5.41, 5.74) is 8.28. The molecule has 4 aromatic rings. The third-order valence-corrected chi connectivity index (χ3v) is 9.11. The van der Waals surface area contributed by atoms with Crippen molar-refractivity contribution in [1.29, 1.82) is 0 Å². The molecule has 0 saturated carbocycles. The molecule has 0 spiro atoms. The minimum atomic E-state index is -0.194. The van der Waals surface area contributed by atoms with Gasteiger partial charge in [-0.15, -0.1) is 11.3 Å². The van der Waals surface area contributed by atoms with Crippen molar-refractivity contribution < 1.29 is 4.79 Å². The molecule has 5 nitrogen and oxygen atoms in total. The Morgan fingerprint density at radius 2 is 1.76 bits per heavy atom. The van der Waals surface area contributed by atoms with Crippen LogP contribution in [0.15, 0.2) is 66.9 Å². The molecule has 0 fully saturated rings. The predicted octanol–water partition coefficient (Wildman–Crippen LogP) is 7.18. The fraction of sp³-hybridized carbons (Fsp3) is 0.323. The maximum Gasteiger partial charge on any atom is 0.322 e.